The minimum absolute atomic E-state index is 0.0476. The topological polar surface area (TPSA) is 63.7 Å². The van der Waals surface area contributed by atoms with Gasteiger partial charge in [-0.2, -0.15) is 0 Å². The largest absolute Gasteiger partial charge is 0.573 e. The molecule has 0 saturated carbocycles. The summed E-state index contributed by atoms with van der Waals surface area (Å²) in [5.41, 5.74) is 0.204. The number of hydrogen-bond acceptors (Lipinski definition) is 4. The van der Waals surface area contributed by atoms with Gasteiger partial charge in [-0.1, -0.05) is 13.3 Å². The third-order valence-electron chi connectivity index (χ3n) is 4.00. The van der Waals surface area contributed by atoms with Gasteiger partial charge >= 0.3 is 6.36 Å². The molecule has 1 amide bonds. The lowest BCUT2D eigenvalue weighted by Crippen LogP contribution is -2.41. The molecular weight excluding hydrogens is 359 g/mol. The molecule has 140 valence electrons. The summed E-state index contributed by atoms with van der Waals surface area (Å²) in [5, 5.41) is 0. The predicted octanol–water partition coefficient (Wildman–Crippen LogP) is 3.01. The summed E-state index contributed by atoms with van der Waals surface area (Å²) < 4.78 is 63.7. The quantitative estimate of drug-likeness (QED) is 0.762. The van der Waals surface area contributed by atoms with Crippen molar-refractivity contribution in [2.45, 2.75) is 38.6 Å². The predicted molar refractivity (Wildman–Crippen MR) is 86.1 cm³/mol. The lowest BCUT2D eigenvalue weighted by atomic mass is 10.1. The molecule has 1 aromatic rings. The molecule has 1 fully saturated rings. The molecule has 9 heteroatoms. The van der Waals surface area contributed by atoms with Crippen LogP contribution in [0.3, 0.4) is 0 Å². The minimum atomic E-state index is -4.79. The van der Waals surface area contributed by atoms with E-state index in [4.69, 9.17) is 0 Å². The molecule has 0 bridgehead atoms. The second-order valence-corrected chi connectivity index (χ2v) is 8.21. The number of halogens is 3. The van der Waals surface area contributed by atoms with Gasteiger partial charge in [-0.25, -0.2) is 8.42 Å². The van der Waals surface area contributed by atoms with Gasteiger partial charge in [0.1, 0.15) is 5.75 Å². The molecule has 1 atom stereocenters. The van der Waals surface area contributed by atoms with E-state index < -0.39 is 28.0 Å². The summed E-state index contributed by atoms with van der Waals surface area (Å²) in [6, 6.07) is 4.27. The van der Waals surface area contributed by atoms with Crippen LogP contribution in [-0.4, -0.2) is 49.7 Å². The molecule has 0 radical (unpaired) electrons. The van der Waals surface area contributed by atoms with Crippen LogP contribution in [0.25, 0.3) is 0 Å². The number of amides is 1. The van der Waals surface area contributed by atoms with Crippen LogP contribution < -0.4 is 4.74 Å². The van der Waals surface area contributed by atoms with Crippen molar-refractivity contribution in [2.24, 2.45) is 0 Å². The lowest BCUT2D eigenvalue weighted by Gasteiger charge is -2.28. The minimum Gasteiger partial charge on any atom is -0.406 e. The van der Waals surface area contributed by atoms with Crippen molar-refractivity contribution in [3.8, 4) is 5.75 Å². The van der Waals surface area contributed by atoms with Crippen LogP contribution in [0.5, 0.6) is 5.75 Å². The van der Waals surface area contributed by atoms with E-state index in [1.807, 2.05) is 6.92 Å². The van der Waals surface area contributed by atoms with Crippen LogP contribution in [0, 0.1) is 0 Å². The van der Waals surface area contributed by atoms with Gasteiger partial charge in [0.25, 0.3) is 5.91 Å². The van der Waals surface area contributed by atoms with Crippen LogP contribution in [0.15, 0.2) is 24.3 Å². The number of nitrogens with zero attached hydrogens (tertiary/aromatic N) is 1. The van der Waals surface area contributed by atoms with Crippen LogP contribution in [0.1, 0.15) is 36.5 Å². The first-order valence-electron chi connectivity index (χ1n) is 7.98. The number of hydrogen-bond donors (Lipinski definition) is 0. The van der Waals surface area contributed by atoms with Crippen LogP contribution in [0.4, 0.5) is 13.2 Å². The number of carbonyl (C=O) groups excluding carboxylic acids is 1. The maximum Gasteiger partial charge on any atom is 0.573 e. The Hall–Kier alpha value is -1.77. The molecule has 1 aliphatic heterocycles. The van der Waals surface area contributed by atoms with Crippen molar-refractivity contribution >= 4 is 15.7 Å². The second-order valence-electron chi connectivity index (χ2n) is 5.98. The van der Waals surface area contributed by atoms with Gasteiger partial charge in [0.15, 0.2) is 9.84 Å². The number of ether oxygens (including phenoxy) is 1. The Balaban J connectivity index is 2.15. The average Bonchev–Trinajstić information content (AvgIpc) is 2.86. The first-order valence-corrected chi connectivity index (χ1v) is 9.80. The van der Waals surface area contributed by atoms with Crippen molar-refractivity contribution in [3.63, 3.8) is 0 Å². The highest BCUT2D eigenvalue weighted by Crippen LogP contribution is 2.25. The first kappa shape index (κ1) is 19.6. The van der Waals surface area contributed by atoms with E-state index in [0.717, 1.165) is 25.0 Å². The van der Waals surface area contributed by atoms with Gasteiger partial charge in [-0.3, -0.25) is 4.79 Å². The highest BCUT2D eigenvalue weighted by molar-refractivity contribution is 7.91. The molecule has 1 aromatic carbocycles. The maximum atomic E-state index is 12.7. The molecule has 25 heavy (non-hydrogen) atoms. The first-order chi connectivity index (χ1) is 11.6. The third kappa shape index (κ3) is 5.62. The molecule has 0 spiro atoms. The van der Waals surface area contributed by atoms with Gasteiger partial charge < -0.3 is 9.64 Å². The molecule has 0 N–H and O–H groups in total. The number of benzene rings is 1. The third-order valence-corrected chi connectivity index (χ3v) is 5.75. The van der Waals surface area contributed by atoms with E-state index in [2.05, 4.69) is 4.74 Å². The number of carbonyl (C=O) groups is 1. The second kappa shape index (κ2) is 7.63. The SMILES string of the molecule is CCCCN(C(=O)c1ccc(OC(F)(F)F)cc1)C1CCS(=O)(=O)C1. The zero-order valence-electron chi connectivity index (χ0n) is 13.8. The van der Waals surface area contributed by atoms with E-state index in [0.29, 0.717) is 13.0 Å². The summed E-state index contributed by atoms with van der Waals surface area (Å²) in [6.07, 6.45) is -2.86. The molecule has 1 saturated heterocycles. The highest BCUT2D eigenvalue weighted by atomic mass is 32.2. The number of rotatable bonds is 6. The van der Waals surface area contributed by atoms with E-state index in [1.54, 1.807) is 0 Å². The normalized spacial score (nSPS) is 19.6. The van der Waals surface area contributed by atoms with Gasteiger partial charge in [0, 0.05) is 18.2 Å². The zero-order chi connectivity index (χ0) is 18.7. The van der Waals surface area contributed by atoms with Gasteiger partial charge in [0.2, 0.25) is 0 Å². The van der Waals surface area contributed by atoms with E-state index in [-0.39, 0.29) is 23.0 Å². The Bertz CT molecular complexity index is 701. The van der Waals surface area contributed by atoms with Crippen molar-refractivity contribution < 1.29 is 31.1 Å². The van der Waals surface area contributed by atoms with Crippen molar-refractivity contribution in [1.82, 2.24) is 4.90 Å². The summed E-state index contributed by atoms with van der Waals surface area (Å²) >= 11 is 0. The van der Waals surface area contributed by atoms with Gasteiger partial charge in [0.05, 0.1) is 11.5 Å². The molecule has 5 nitrogen and oxygen atoms in total. The fourth-order valence-electron chi connectivity index (χ4n) is 2.76. The van der Waals surface area contributed by atoms with Crippen molar-refractivity contribution in [3.05, 3.63) is 29.8 Å². The van der Waals surface area contributed by atoms with Gasteiger partial charge in [-0.05, 0) is 37.1 Å². The van der Waals surface area contributed by atoms with Gasteiger partial charge in [-0.15, -0.1) is 13.2 Å². The Morgan fingerprint density at radius 3 is 2.40 bits per heavy atom. The van der Waals surface area contributed by atoms with Crippen LogP contribution >= 0.6 is 0 Å². The molecule has 1 aliphatic rings. The summed E-state index contributed by atoms with van der Waals surface area (Å²) in [6.45, 7) is 2.37. The standard InChI is InChI=1S/C16H20F3NO4S/c1-2-3-9-20(13-8-10-25(22,23)11-13)15(21)12-4-6-14(7-5-12)24-16(17,18)19/h4-7,13H,2-3,8-11H2,1H3. The van der Waals surface area contributed by atoms with Crippen molar-refractivity contribution in [2.75, 3.05) is 18.1 Å². The summed E-state index contributed by atoms with van der Waals surface area (Å²) in [5.74, 6) is -0.814. The number of unbranched alkanes of at least 4 members (excludes halogenated alkanes) is 1. The Morgan fingerprint density at radius 2 is 1.92 bits per heavy atom. The average molecular weight is 379 g/mol. The Kier molecular flexibility index (Phi) is 5.97. The smallest absolute Gasteiger partial charge is 0.406 e. The zero-order valence-corrected chi connectivity index (χ0v) is 14.6. The van der Waals surface area contributed by atoms with Crippen molar-refractivity contribution in [1.29, 1.82) is 0 Å². The fourth-order valence-corrected chi connectivity index (χ4v) is 4.50. The lowest BCUT2D eigenvalue weighted by molar-refractivity contribution is -0.274. The molecule has 1 unspecified atom stereocenters. The molecule has 0 aromatic heterocycles. The molecule has 1 heterocycles. The summed E-state index contributed by atoms with van der Waals surface area (Å²) in [4.78, 5) is 14.2. The van der Waals surface area contributed by atoms with E-state index in [1.165, 1.54) is 17.0 Å². The monoisotopic (exact) mass is 379 g/mol. The number of alkyl halides is 3. The molecular formula is C16H20F3NO4S. The Morgan fingerprint density at radius 1 is 1.28 bits per heavy atom. The fraction of sp³-hybridized carbons (Fsp3) is 0.562. The Labute approximate surface area is 144 Å². The maximum absolute atomic E-state index is 12.7. The van der Waals surface area contributed by atoms with Crippen LogP contribution in [-0.2, 0) is 9.84 Å². The number of sulfone groups is 1. The molecule has 2 rings (SSSR count). The van der Waals surface area contributed by atoms with E-state index >= 15 is 0 Å². The van der Waals surface area contributed by atoms with E-state index in [9.17, 15) is 26.4 Å². The molecule has 0 aliphatic carbocycles. The highest BCUT2D eigenvalue weighted by Gasteiger charge is 2.35. The summed E-state index contributed by atoms with van der Waals surface area (Å²) in [7, 11) is -3.15. The van der Waals surface area contributed by atoms with Crippen LogP contribution in [0.2, 0.25) is 0 Å².